The number of amides is 1. The number of hydrogen-bond donors (Lipinski definition) is 2. The van der Waals surface area contributed by atoms with Crippen molar-refractivity contribution in [2.45, 2.75) is 32.2 Å². The SMILES string of the molecule is C[C@H]1OCCN[C@@H]1C(=O)NCc1cccc(OC(F)F)c1. The number of rotatable bonds is 5. The molecule has 0 spiro atoms. The summed E-state index contributed by atoms with van der Waals surface area (Å²) in [4.78, 5) is 12.0. The average molecular weight is 300 g/mol. The zero-order valence-corrected chi connectivity index (χ0v) is 11.6. The van der Waals surface area contributed by atoms with Crippen molar-refractivity contribution >= 4 is 5.91 Å². The van der Waals surface area contributed by atoms with Crippen molar-refractivity contribution < 1.29 is 23.0 Å². The topological polar surface area (TPSA) is 59.6 Å². The van der Waals surface area contributed by atoms with Gasteiger partial charge < -0.3 is 20.1 Å². The Kier molecular flexibility index (Phi) is 5.46. The minimum atomic E-state index is -2.86. The molecule has 0 bridgehead atoms. The van der Waals surface area contributed by atoms with Gasteiger partial charge in [0, 0.05) is 13.1 Å². The third kappa shape index (κ3) is 4.64. The predicted molar refractivity (Wildman–Crippen MR) is 72.1 cm³/mol. The minimum absolute atomic E-state index is 0.0734. The Balaban J connectivity index is 1.88. The maximum Gasteiger partial charge on any atom is 0.387 e. The Labute approximate surface area is 121 Å². The highest BCUT2D eigenvalue weighted by Crippen LogP contribution is 2.16. The Bertz CT molecular complexity index is 485. The molecule has 1 aliphatic heterocycles. The van der Waals surface area contributed by atoms with E-state index in [1.807, 2.05) is 6.92 Å². The van der Waals surface area contributed by atoms with Crippen LogP contribution in [0.5, 0.6) is 5.75 Å². The van der Waals surface area contributed by atoms with Gasteiger partial charge in [-0.2, -0.15) is 8.78 Å². The van der Waals surface area contributed by atoms with Gasteiger partial charge >= 0.3 is 6.61 Å². The van der Waals surface area contributed by atoms with Gasteiger partial charge in [-0.1, -0.05) is 12.1 Å². The number of ether oxygens (including phenoxy) is 2. The molecule has 0 radical (unpaired) electrons. The molecule has 21 heavy (non-hydrogen) atoms. The van der Waals surface area contributed by atoms with Gasteiger partial charge in [0.15, 0.2) is 0 Å². The second-order valence-corrected chi connectivity index (χ2v) is 4.75. The normalized spacial score (nSPS) is 22.1. The summed E-state index contributed by atoms with van der Waals surface area (Å²) in [6.45, 7) is 0.412. The summed E-state index contributed by atoms with van der Waals surface area (Å²) in [7, 11) is 0. The molecule has 116 valence electrons. The molecule has 0 aromatic heterocycles. The Morgan fingerprint density at radius 2 is 2.38 bits per heavy atom. The summed E-state index contributed by atoms with van der Waals surface area (Å²) >= 11 is 0. The molecule has 2 rings (SSSR count). The second kappa shape index (κ2) is 7.33. The van der Waals surface area contributed by atoms with Crippen LogP contribution in [-0.4, -0.2) is 37.8 Å². The molecule has 1 aliphatic rings. The van der Waals surface area contributed by atoms with Crippen LogP contribution in [0.3, 0.4) is 0 Å². The smallest absolute Gasteiger partial charge is 0.387 e. The number of carbonyl (C=O) groups excluding carboxylic acids is 1. The van der Waals surface area contributed by atoms with E-state index < -0.39 is 12.7 Å². The highest BCUT2D eigenvalue weighted by Gasteiger charge is 2.27. The molecule has 5 nitrogen and oxygen atoms in total. The molecule has 1 fully saturated rings. The number of morpholine rings is 1. The molecule has 1 amide bonds. The lowest BCUT2D eigenvalue weighted by molar-refractivity contribution is -0.129. The lowest BCUT2D eigenvalue weighted by atomic mass is 10.1. The fraction of sp³-hybridized carbons (Fsp3) is 0.500. The van der Waals surface area contributed by atoms with Crippen molar-refractivity contribution in [1.29, 1.82) is 0 Å². The van der Waals surface area contributed by atoms with Crippen molar-refractivity contribution in [3.63, 3.8) is 0 Å². The summed E-state index contributed by atoms with van der Waals surface area (Å²) in [6, 6.07) is 5.84. The van der Waals surface area contributed by atoms with E-state index in [1.54, 1.807) is 12.1 Å². The quantitative estimate of drug-likeness (QED) is 0.860. The van der Waals surface area contributed by atoms with Crippen LogP contribution in [0.4, 0.5) is 8.78 Å². The van der Waals surface area contributed by atoms with Crippen LogP contribution in [0.1, 0.15) is 12.5 Å². The first-order valence-electron chi connectivity index (χ1n) is 6.72. The van der Waals surface area contributed by atoms with E-state index in [0.717, 1.165) is 0 Å². The van der Waals surface area contributed by atoms with Crippen molar-refractivity contribution in [2.75, 3.05) is 13.2 Å². The third-order valence-electron chi connectivity index (χ3n) is 3.19. The first-order chi connectivity index (χ1) is 10.1. The van der Waals surface area contributed by atoms with Crippen LogP contribution >= 0.6 is 0 Å². The Morgan fingerprint density at radius 1 is 1.57 bits per heavy atom. The predicted octanol–water partition coefficient (Wildman–Crippen LogP) is 1.28. The van der Waals surface area contributed by atoms with Crippen LogP contribution in [0.2, 0.25) is 0 Å². The van der Waals surface area contributed by atoms with Gasteiger partial charge in [0.1, 0.15) is 11.8 Å². The standard InChI is InChI=1S/C14H18F2N2O3/c1-9-12(17-5-6-20-9)13(19)18-8-10-3-2-4-11(7-10)21-14(15)16/h2-4,7,9,12,14,17H,5-6,8H2,1H3,(H,18,19)/t9-,12+/m1/s1. The molecule has 0 unspecified atom stereocenters. The van der Waals surface area contributed by atoms with Crippen LogP contribution < -0.4 is 15.4 Å². The fourth-order valence-corrected chi connectivity index (χ4v) is 2.16. The Hall–Kier alpha value is -1.73. The lowest BCUT2D eigenvalue weighted by Crippen LogP contribution is -2.55. The summed E-state index contributed by atoms with van der Waals surface area (Å²) in [5.74, 6) is -0.105. The first-order valence-corrected chi connectivity index (χ1v) is 6.72. The number of benzene rings is 1. The van der Waals surface area contributed by atoms with Gasteiger partial charge in [-0.3, -0.25) is 4.79 Å². The van der Waals surface area contributed by atoms with E-state index in [2.05, 4.69) is 15.4 Å². The average Bonchev–Trinajstić information content (AvgIpc) is 2.45. The molecule has 0 saturated carbocycles. The van der Waals surface area contributed by atoms with Crippen LogP contribution in [0.25, 0.3) is 0 Å². The molecule has 1 saturated heterocycles. The maximum absolute atomic E-state index is 12.1. The van der Waals surface area contributed by atoms with E-state index in [9.17, 15) is 13.6 Å². The molecule has 1 aromatic carbocycles. The molecule has 1 heterocycles. The fourth-order valence-electron chi connectivity index (χ4n) is 2.16. The second-order valence-electron chi connectivity index (χ2n) is 4.75. The molecule has 2 N–H and O–H groups in total. The first kappa shape index (κ1) is 15.7. The van der Waals surface area contributed by atoms with Gasteiger partial charge in [0.2, 0.25) is 5.91 Å². The van der Waals surface area contributed by atoms with Gasteiger partial charge in [-0.25, -0.2) is 0 Å². The zero-order chi connectivity index (χ0) is 15.2. The number of alkyl halides is 2. The van der Waals surface area contributed by atoms with Crippen LogP contribution in [0.15, 0.2) is 24.3 Å². The van der Waals surface area contributed by atoms with E-state index in [1.165, 1.54) is 12.1 Å². The van der Waals surface area contributed by atoms with Crippen LogP contribution in [-0.2, 0) is 16.1 Å². The Morgan fingerprint density at radius 3 is 3.10 bits per heavy atom. The van der Waals surface area contributed by atoms with Gasteiger partial charge in [0.05, 0.1) is 12.7 Å². The largest absolute Gasteiger partial charge is 0.435 e. The molecule has 0 aliphatic carbocycles. The monoisotopic (exact) mass is 300 g/mol. The summed E-state index contributed by atoms with van der Waals surface area (Å²) in [5.41, 5.74) is 0.686. The van der Waals surface area contributed by atoms with E-state index in [0.29, 0.717) is 18.7 Å². The molecule has 2 atom stereocenters. The molecule has 7 heteroatoms. The number of halogens is 2. The zero-order valence-electron chi connectivity index (χ0n) is 11.6. The van der Waals surface area contributed by atoms with E-state index in [-0.39, 0.29) is 24.3 Å². The lowest BCUT2D eigenvalue weighted by Gasteiger charge is -2.29. The van der Waals surface area contributed by atoms with E-state index in [4.69, 9.17) is 4.74 Å². The summed E-state index contributed by atoms with van der Waals surface area (Å²) in [6.07, 6.45) is -0.202. The van der Waals surface area contributed by atoms with Gasteiger partial charge in [-0.05, 0) is 24.6 Å². The maximum atomic E-state index is 12.1. The minimum Gasteiger partial charge on any atom is -0.435 e. The highest BCUT2D eigenvalue weighted by atomic mass is 19.3. The number of hydrogen-bond acceptors (Lipinski definition) is 4. The molecule has 1 aromatic rings. The number of nitrogens with one attached hydrogen (secondary N) is 2. The summed E-state index contributed by atoms with van der Waals surface area (Å²) < 4.78 is 34.0. The molecular weight excluding hydrogens is 282 g/mol. The summed E-state index contributed by atoms with van der Waals surface area (Å²) in [5, 5.41) is 5.84. The van der Waals surface area contributed by atoms with E-state index >= 15 is 0 Å². The number of carbonyl (C=O) groups is 1. The van der Waals surface area contributed by atoms with Gasteiger partial charge in [-0.15, -0.1) is 0 Å². The molecular formula is C14H18F2N2O3. The van der Waals surface area contributed by atoms with Crippen molar-refractivity contribution in [3.8, 4) is 5.75 Å². The van der Waals surface area contributed by atoms with Crippen molar-refractivity contribution in [3.05, 3.63) is 29.8 Å². The van der Waals surface area contributed by atoms with Crippen molar-refractivity contribution in [1.82, 2.24) is 10.6 Å². The van der Waals surface area contributed by atoms with Crippen molar-refractivity contribution in [2.24, 2.45) is 0 Å². The third-order valence-corrected chi connectivity index (χ3v) is 3.19. The van der Waals surface area contributed by atoms with Gasteiger partial charge in [0.25, 0.3) is 0 Å². The highest BCUT2D eigenvalue weighted by molar-refractivity contribution is 5.82. The van der Waals surface area contributed by atoms with Crippen LogP contribution in [0, 0.1) is 0 Å².